The van der Waals surface area contributed by atoms with Gasteiger partial charge in [0.05, 0.1) is 17.7 Å². The second-order valence-corrected chi connectivity index (χ2v) is 6.54. The van der Waals surface area contributed by atoms with Crippen LogP contribution in [0.5, 0.6) is 11.5 Å². The van der Waals surface area contributed by atoms with Crippen LogP contribution in [0.1, 0.15) is 16.1 Å². The molecule has 5 nitrogen and oxygen atoms in total. The summed E-state index contributed by atoms with van der Waals surface area (Å²) >= 11 is 1.51. The highest BCUT2D eigenvalue weighted by atomic mass is 32.1. The zero-order chi connectivity index (χ0) is 19.1. The normalized spacial score (nSPS) is 10.4. The number of hydrogen-bond acceptors (Lipinski definition) is 5. The summed E-state index contributed by atoms with van der Waals surface area (Å²) in [5, 5.41) is 1.92. The van der Waals surface area contributed by atoms with Crippen LogP contribution in [0.3, 0.4) is 0 Å². The molecule has 0 saturated heterocycles. The molecule has 0 aliphatic carbocycles. The van der Waals surface area contributed by atoms with E-state index in [0.717, 1.165) is 5.69 Å². The minimum absolute atomic E-state index is 0.128. The Bertz CT molecular complexity index is 869. The van der Waals surface area contributed by atoms with Gasteiger partial charge in [0, 0.05) is 18.0 Å². The number of aromatic nitrogens is 1. The van der Waals surface area contributed by atoms with Gasteiger partial charge in [-0.15, -0.1) is 11.3 Å². The summed E-state index contributed by atoms with van der Waals surface area (Å²) in [7, 11) is 1.71. The van der Waals surface area contributed by atoms with Crippen LogP contribution >= 0.6 is 11.3 Å². The Labute approximate surface area is 161 Å². The monoisotopic (exact) mass is 386 g/mol. The highest BCUT2D eigenvalue weighted by Crippen LogP contribution is 2.17. The first kappa shape index (κ1) is 18.8. The Hall–Kier alpha value is -2.93. The van der Waals surface area contributed by atoms with E-state index in [-0.39, 0.29) is 11.7 Å². The number of halogens is 1. The van der Waals surface area contributed by atoms with Crippen LogP contribution in [0.15, 0.2) is 59.4 Å². The van der Waals surface area contributed by atoms with Crippen LogP contribution in [0, 0.1) is 5.82 Å². The second-order valence-electron chi connectivity index (χ2n) is 5.83. The Balaban J connectivity index is 1.51. The van der Waals surface area contributed by atoms with Crippen molar-refractivity contribution in [2.45, 2.75) is 6.61 Å². The summed E-state index contributed by atoms with van der Waals surface area (Å²) in [6, 6.07) is 12.8. The number of carbonyl (C=O) groups excluding carboxylic acids is 1. The van der Waals surface area contributed by atoms with Crippen molar-refractivity contribution < 1.29 is 18.7 Å². The number of amides is 1. The van der Waals surface area contributed by atoms with Crippen molar-refractivity contribution in [3.63, 3.8) is 0 Å². The highest BCUT2D eigenvalue weighted by molar-refractivity contribution is 7.07. The number of likely N-dealkylation sites (N-methyl/N-ethyl adjacent to an activating group) is 1. The number of hydrogen-bond donors (Lipinski definition) is 0. The van der Waals surface area contributed by atoms with Crippen molar-refractivity contribution in [1.29, 1.82) is 0 Å². The molecule has 140 valence electrons. The molecule has 3 aromatic rings. The molecule has 1 aromatic heterocycles. The van der Waals surface area contributed by atoms with E-state index in [2.05, 4.69) is 4.98 Å². The first-order valence-corrected chi connectivity index (χ1v) is 9.30. The van der Waals surface area contributed by atoms with E-state index >= 15 is 0 Å². The largest absolute Gasteiger partial charge is 0.492 e. The van der Waals surface area contributed by atoms with Gasteiger partial charge in [-0.3, -0.25) is 4.79 Å². The molecule has 0 aliphatic rings. The summed E-state index contributed by atoms with van der Waals surface area (Å²) in [5.41, 5.74) is 3.14. The number of ether oxygens (including phenoxy) is 2. The van der Waals surface area contributed by atoms with E-state index in [1.54, 1.807) is 53.9 Å². The molecule has 0 radical (unpaired) electrons. The van der Waals surface area contributed by atoms with E-state index in [0.29, 0.717) is 36.8 Å². The summed E-state index contributed by atoms with van der Waals surface area (Å²) < 4.78 is 24.1. The molecule has 7 heteroatoms. The van der Waals surface area contributed by atoms with Crippen molar-refractivity contribution in [3.05, 3.63) is 76.5 Å². The molecule has 0 unspecified atom stereocenters. The third-order valence-corrected chi connectivity index (χ3v) is 4.44. The standard InChI is InChI=1S/C20H19FN2O3S/c1-23(9-10-25-18-7-5-16(21)6-8-18)20(24)15-3-2-4-19(11-15)26-12-17-13-27-14-22-17/h2-8,11,13-14H,9-10,12H2,1H3. The van der Waals surface area contributed by atoms with Crippen LogP contribution in [0.2, 0.25) is 0 Å². The molecule has 3 rings (SSSR count). The first-order valence-electron chi connectivity index (χ1n) is 8.35. The van der Waals surface area contributed by atoms with Crippen LogP contribution < -0.4 is 9.47 Å². The average Bonchev–Trinajstić information content (AvgIpc) is 3.21. The fraction of sp³-hybridized carbons (Fsp3) is 0.200. The highest BCUT2D eigenvalue weighted by Gasteiger charge is 2.12. The maximum Gasteiger partial charge on any atom is 0.253 e. The maximum absolute atomic E-state index is 12.9. The lowest BCUT2D eigenvalue weighted by atomic mass is 10.2. The van der Waals surface area contributed by atoms with Crippen molar-refractivity contribution in [1.82, 2.24) is 9.88 Å². The first-order chi connectivity index (χ1) is 13.1. The third kappa shape index (κ3) is 5.52. The smallest absolute Gasteiger partial charge is 0.253 e. The molecule has 0 aliphatic heterocycles. The Morgan fingerprint density at radius 1 is 1.15 bits per heavy atom. The molecule has 0 spiro atoms. The molecule has 0 saturated carbocycles. The maximum atomic E-state index is 12.9. The number of rotatable bonds is 8. The van der Waals surface area contributed by atoms with E-state index in [9.17, 15) is 9.18 Å². The predicted molar refractivity (Wildman–Crippen MR) is 102 cm³/mol. The number of nitrogens with zero attached hydrogens (tertiary/aromatic N) is 2. The molecule has 0 fully saturated rings. The van der Waals surface area contributed by atoms with Gasteiger partial charge < -0.3 is 14.4 Å². The Morgan fingerprint density at radius 2 is 1.96 bits per heavy atom. The fourth-order valence-corrected chi connectivity index (χ4v) is 2.88. The van der Waals surface area contributed by atoms with E-state index in [4.69, 9.17) is 9.47 Å². The van der Waals surface area contributed by atoms with Crippen molar-refractivity contribution in [2.75, 3.05) is 20.2 Å². The average molecular weight is 386 g/mol. The van der Waals surface area contributed by atoms with Crippen molar-refractivity contribution in [3.8, 4) is 11.5 Å². The lowest BCUT2D eigenvalue weighted by Gasteiger charge is -2.18. The minimum atomic E-state index is -0.313. The Kier molecular flexibility index (Phi) is 6.38. The molecule has 0 atom stereocenters. The van der Waals surface area contributed by atoms with Gasteiger partial charge in [0.15, 0.2) is 0 Å². The van der Waals surface area contributed by atoms with Gasteiger partial charge in [0.25, 0.3) is 5.91 Å². The second kappa shape index (κ2) is 9.14. The van der Waals surface area contributed by atoms with Crippen molar-refractivity contribution in [2.24, 2.45) is 0 Å². The molecule has 0 N–H and O–H groups in total. The van der Waals surface area contributed by atoms with Gasteiger partial charge in [-0.2, -0.15) is 0 Å². The number of carbonyl (C=O) groups is 1. The van der Waals surface area contributed by atoms with Crippen LogP contribution in [-0.4, -0.2) is 36.0 Å². The van der Waals surface area contributed by atoms with E-state index in [1.807, 2.05) is 5.38 Å². The van der Waals surface area contributed by atoms with Gasteiger partial charge in [-0.1, -0.05) is 6.07 Å². The fourth-order valence-electron chi connectivity index (χ4n) is 2.34. The summed E-state index contributed by atoms with van der Waals surface area (Å²) in [4.78, 5) is 18.3. The van der Waals surface area contributed by atoms with Gasteiger partial charge in [-0.25, -0.2) is 9.37 Å². The van der Waals surface area contributed by atoms with E-state index in [1.165, 1.54) is 23.5 Å². The van der Waals surface area contributed by atoms with Crippen molar-refractivity contribution >= 4 is 17.2 Å². The molecule has 1 heterocycles. The number of benzene rings is 2. The lowest BCUT2D eigenvalue weighted by molar-refractivity contribution is 0.0773. The Morgan fingerprint density at radius 3 is 2.70 bits per heavy atom. The SMILES string of the molecule is CN(CCOc1ccc(F)cc1)C(=O)c1cccc(OCc2cscn2)c1. The summed E-state index contributed by atoms with van der Waals surface area (Å²) in [5.74, 6) is 0.739. The minimum Gasteiger partial charge on any atom is -0.492 e. The molecule has 0 bridgehead atoms. The third-order valence-electron chi connectivity index (χ3n) is 3.81. The van der Waals surface area contributed by atoms with Gasteiger partial charge >= 0.3 is 0 Å². The number of thiazole rings is 1. The van der Waals surface area contributed by atoms with Gasteiger partial charge in [0.1, 0.15) is 30.5 Å². The van der Waals surface area contributed by atoms with Crippen LogP contribution in [0.25, 0.3) is 0 Å². The van der Waals surface area contributed by atoms with Gasteiger partial charge in [-0.05, 0) is 42.5 Å². The summed E-state index contributed by atoms with van der Waals surface area (Å²) in [6.07, 6.45) is 0. The van der Waals surface area contributed by atoms with Crippen LogP contribution in [-0.2, 0) is 6.61 Å². The predicted octanol–water partition coefficient (Wildman–Crippen LogP) is 4.01. The summed E-state index contributed by atoms with van der Waals surface area (Å²) in [6.45, 7) is 1.08. The molecular formula is C20H19FN2O3S. The topological polar surface area (TPSA) is 51.7 Å². The molecule has 27 heavy (non-hydrogen) atoms. The lowest BCUT2D eigenvalue weighted by Crippen LogP contribution is -2.30. The molecule has 2 aromatic carbocycles. The zero-order valence-corrected chi connectivity index (χ0v) is 15.6. The zero-order valence-electron chi connectivity index (χ0n) is 14.8. The molecular weight excluding hydrogens is 367 g/mol. The van der Waals surface area contributed by atoms with E-state index < -0.39 is 0 Å². The molecule has 1 amide bonds. The van der Waals surface area contributed by atoms with Gasteiger partial charge in [0.2, 0.25) is 0 Å². The van der Waals surface area contributed by atoms with Crippen LogP contribution in [0.4, 0.5) is 4.39 Å². The quantitative estimate of drug-likeness (QED) is 0.587.